The molecule has 0 saturated heterocycles. The molecular weight excluding hydrogens is 281 g/mol. The monoisotopic (exact) mass is 292 g/mol. The largest absolute Gasteiger partial charge is 0.875 e. The molecule has 0 saturated carbocycles. The molecule has 0 aliphatic heterocycles. The Morgan fingerprint density at radius 2 is 1.85 bits per heavy atom. The summed E-state index contributed by atoms with van der Waals surface area (Å²) in [4.78, 5) is -0.515. The molecule has 0 N–H and O–H groups in total. The van der Waals surface area contributed by atoms with Gasteiger partial charge in [0.15, 0.2) is 0 Å². The summed E-state index contributed by atoms with van der Waals surface area (Å²) in [6.45, 7) is 1.31. The molecule has 0 unspecified atom stereocenters. The molecule has 6 heteroatoms. The lowest BCUT2D eigenvalue weighted by Crippen LogP contribution is -2.13. The Bertz CT molecular complexity index is 754. The third kappa shape index (κ3) is 2.85. The minimum Gasteiger partial charge on any atom is -0.875 e. The fourth-order valence-corrected chi connectivity index (χ4v) is 2.77. The van der Waals surface area contributed by atoms with Crippen molar-refractivity contribution >= 4 is 15.7 Å². The van der Waals surface area contributed by atoms with E-state index in [1.165, 1.54) is 31.2 Å². The van der Waals surface area contributed by atoms with Crippen LogP contribution >= 0.6 is 0 Å². The molecule has 2 rings (SSSR count). The van der Waals surface area contributed by atoms with E-state index in [1.54, 1.807) is 12.2 Å². The number of nitrogens with zero attached hydrogens (tertiary/aromatic N) is 1. The zero-order valence-corrected chi connectivity index (χ0v) is 11.4. The highest BCUT2D eigenvalue weighted by Gasteiger charge is 2.19. The van der Waals surface area contributed by atoms with Crippen LogP contribution in [0.15, 0.2) is 69.2 Å². The SMILES string of the molecule is CC([O-])=C1C=CC=CC1=NS(=O)(=O)c1ccccc1F. The summed E-state index contributed by atoms with van der Waals surface area (Å²) in [7, 11) is -4.20. The van der Waals surface area contributed by atoms with E-state index >= 15 is 0 Å². The highest BCUT2D eigenvalue weighted by atomic mass is 32.2. The van der Waals surface area contributed by atoms with Crippen molar-refractivity contribution in [2.45, 2.75) is 11.8 Å². The number of halogens is 1. The molecule has 0 amide bonds. The average Bonchev–Trinajstić information content (AvgIpc) is 2.39. The maximum atomic E-state index is 13.5. The number of benzene rings is 1. The zero-order chi connectivity index (χ0) is 14.8. The number of hydrogen-bond donors (Lipinski definition) is 0. The molecule has 1 aromatic carbocycles. The molecule has 1 aliphatic rings. The van der Waals surface area contributed by atoms with Crippen LogP contribution in [0.3, 0.4) is 0 Å². The first-order chi connectivity index (χ1) is 9.42. The summed E-state index contributed by atoms with van der Waals surface area (Å²) in [6, 6.07) is 4.96. The van der Waals surface area contributed by atoms with Gasteiger partial charge in [-0.15, -0.1) is 5.76 Å². The van der Waals surface area contributed by atoms with Gasteiger partial charge in [-0.1, -0.05) is 37.3 Å². The van der Waals surface area contributed by atoms with Gasteiger partial charge in [-0.05, 0) is 23.8 Å². The fraction of sp³-hybridized carbons (Fsp3) is 0.0714. The summed E-state index contributed by atoms with van der Waals surface area (Å²) < 4.78 is 41.3. The van der Waals surface area contributed by atoms with Crippen molar-refractivity contribution in [1.29, 1.82) is 0 Å². The van der Waals surface area contributed by atoms with E-state index in [1.807, 2.05) is 0 Å². The number of hydrogen-bond acceptors (Lipinski definition) is 3. The predicted octanol–water partition coefficient (Wildman–Crippen LogP) is 1.72. The highest BCUT2D eigenvalue weighted by Crippen LogP contribution is 2.19. The van der Waals surface area contributed by atoms with Crippen molar-refractivity contribution in [2.75, 3.05) is 0 Å². The van der Waals surface area contributed by atoms with Crippen LogP contribution in [0.2, 0.25) is 0 Å². The molecule has 104 valence electrons. The highest BCUT2D eigenvalue weighted by molar-refractivity contribution is 7.90. The van der Waals surface area contributed by atoms with Gasteiger partial charge in [0, 0.05) is 0 Å². The van der Waals surface area contributed by atoms with E-state index in [-0.39, 0.29) is 17.0 Å². The molecule has 0 spiro atoms. The van der Waals surface area contributed by atoms with Crippen molar-refractivity contribution < 1.29 is 17.9 Å². The van der Waals surface area contributed by atoms with Crippen molar-refractivity contribution in [1.82, 2.24) is 0 Å². The van der Waals surface area contributed by atoms with Crippen LogP contribution in [-0.2, 0) is 10.0 Å². The number of sulfonamides is 1. The van der Waals surface area contributed by atoms with E-state index in [0.29, 0.717) is 0 Å². The number of allylic oxidation sites excluding steroid dienone is 6. The second-order valence-corrected chi connectivity index (χ2v) is 5.64. The predicted molar refractivity (Wildman–Crippen MR) is 72.0 cm³/mol. The first kappa shape index (κ1) is 14.2. The molecule has 1 aliphatic carbocycles. The Labute approximate surface area is 116 Å². The normalized spacial score (nSPS) is 19.4. The van der Waals surface area contributed by atoms with Crippen molar-refractivity contribution in [3.63, 3.8) is 0 Å². The van der Waals surface area contributed by atoms with Crippen LogP contribution < -0.4 is 5.11 Å². The van der Waals surface area contributed by atoms with Gasteiger partial charge in [0.1, 0.15) is 10.7 Å². The van der Waals surface area contributed by atoms with Crippen molar-refractivity contribution in [2.24, 2.45) is 4.40 Å². The molecule has 20 heavy (non-hydrogen) atoms. The van der Waals surface area contributed by atoms with Crippen LogP contribution in [0.1, 0.15) is 6.92 Å². The van der Waals surface area contributed by atoms with Gasteiger partial charge < -0.3 is 5.11 Å². The Hall–Kier alpha value is -2.21. The molecule has 1 aromatic rings. The second kappa shape index (κ2) is 5.42. The molecule has 0 heterocycles. The molecular formula is C14H11FNO3S-. The van der Waals surface area contributed by atoms with Gasteiger partial charge in [0.25, 0.3) is 10.0 Å². The van der Waals surface area contributed by atoms with Crippen molar-refractivity contribution in [3.8, 4) is 0 Å². The summed E-state index contributed by atoms with van der Waals surface area (Å²) >= 11 is 0. The van der Waals surface area contributed by atoms with Gasteiger partial charge in [0.05, 0.1) is 5.71 Å². The van der Waals surface area contributed by atoms with Crippen LogP contribution in [0, 0.1) is 5.82 Å². The quantitative estimate of drug-likeness (QED) is 0.779. The lowest BCUT2D eigenvalue weighted by atomic mass is 10.1. The maximum Gasteiger partial charge on any atom is 0.285 e. The lowest BCUT2D eigenvalue weighted by molar-refractivity contribution is -0.302. The molecule has 0 radical (unpaired) electrons. The minimum absolute atomic E-state index is 0.00301. The first-order valence-electron chi connectivity index (χ1n) is 5.74. The van der Waals surface area contributed by atoms with E-state index in [4.69, 9.17) is 0 Å². The number of rotatable bonds is 2. The van der Waals surface area contributed by atoms with Gasteiger partial charge in [-0.3, -0.25) is 0 Å². The Morgan fingerprint density at radius 3 is 2.50 bits per heavy atom. The van der Waals surface area contributed by atoms with Gasteiger partial charge >= 0.3 is 0 Å². The van der Waals surface area contributed by atoms with Crippen LogP contribution in [0.25, 0.3) is 0 Å². The fourth-order valence-electron chi connectivity index (χ4n) is 1.68. The van der Waals surface area contributed by atoms with E-state index in [9.17, 15) is 17.9 Å². The van der Waals surface area contributed by atoms with Gasteiger partial charge in [-0.25, -0.2) is 4.39 Å². The molecule has 4 nitrogen and oxygen atoms in total. The Morgan fingerprint density at radius 1 is 1.20 bits per heavy atom. The van der Waals surface area contributed by atoms with Crippen LogP contribution in [-0.4, -0.2) is 14.1 Å². The van der Waals surface area contributed by atoms with Crippen molar-refractivity contribution in [3.05, 3.63) is 65.7 Å². The maximum absolute atomic E-state index is 13.5. The van der Waals surface area contributed by atoms with E-state index in [2.05, 4.69) is 4.40 Å². The first-order valence-corrected chi connectivity index (χ1v) is 7.18. The molecule has 0 aromatic heterocycles. The zero-order valence-electron chi connectivity index (χ0n) is 10.6. The van der Waals surface area contributed by atoms with E-state index < -0.39 is 20.7 Å². The Kier molecular flexibility index (Phi) is 3.85. The van der Waals surface area contributed by atoms with Gasteiger partial charge in [-0.2, -0.15) is 12.8 Å². The van der Waals surface area contributed by atoms with E-state index in [0.717, 1.165) is 12.1 Å². The second-order valence-electron chi connectivity index (χ2n) is 4.07. The molecule has 0 atom stereocenters. The smallest absolute Gasteiger partial charge is 0.285 e. The molecule has 0 fully saturated rings. The summed E-state index contributed by atoms with van der Waals surface area (Å²) in [5.74, 6) is -1.19. The van der Waals surface area contributed by atoms with Crippen LogP contribution in [0.5, 0.6) is 0 Å². The third-order valence-electron chi connectivity index (χ3n) is 2.62. The summed E-state index contributed by atoms with van der Waals surface area (Å²) in [6.07, 6.45) is 6.03. The third-order valence-corrected chi connectivity index (χ3v) is 3.94. The Balaban J connectivity index is 2.55. The molecule has 0 bridgehead atoms. The standard InChI is InChI=1S/C14H12FNO3S/c1-10(17)11-6-2-4-8-13(11)16-20(18,19)14-9-5-3-7-12(14)15/h2-9,17H,1H3/p-1. The topological polar surface area (TPSA) is 69.6 Å². The van der Waals surface area contributed by atoms with Crippen LogP contribution in [0.4, 0.5) is 4.39 Å². The minimum atomic E-state index is -4.20. The summed E-state index contributed by atoms with van der Waals surface area (Å²) in [5, 5.41) is 11.4. The lowest BCUT2D eigenvalue weighted by Gasteiger charge is -2.14. The van der Waals surface area contributed by atoms with Gasteiger partial charge in [0.2, 0.25) is 0 Å². The average molecular weight is 292 g/mol. The summed E-state index contributed by atoms with van der Waals surface area (Å²) in [5.41, 5.74) is 0.177.